The van der Waals surface area contributed by atoms with Crippen LogP contribution < -0.4 is 29.1 Å². The molecule has 18 heteroatoms. The number of aryl methyl sites for hydroxylation is 2. The van der Waals surface area contributed by atoms with E-state index in [4.69, 9.17) is 65.4 Å². The monoisotopic (exact) mass is 1080 g/mol. The van der Waals surface area contributed by atoms with Gasteiger partial charge in [-0.05, 0) is 112 Å². The fourth-order valence-electron chi connectivity index (χ4n) is 9.78. The van der Waals surface area contributed by atoms with Gasteiger partial charge in [0.15, 0.2) is 13.5 Å². The number of carbonyl (C=O) groups is 4. The zero-order valence-corrected chi connectivity index (χ0v) is 44.5. The molecule has 0 atom stereocenters. The standard InChI is InChI=1S/C55H66Cl4N6O8/c56-44-10-8-12-46(54(44)58)62-30-26-60(27-31-62)24-4-6-34-70-42-20-16-40-18-22-50(66)64(48(40)36-42)38-72-52(68)14-2-1-3-15-53(69)73-39-65-49-37-43(21-17-41(49)19-23-51(65)67)71-35-7-5-25-61-28-32-63(33-29-61)47-13-9-11-45(57)55(47)59/h8-13,16-17,20-21,36-37H,1-7,14-15,18-19,22-35,38-39H2. The van der Waals surface area contributed by atoms with Gasteiger partial charge in [0.05, 0.1) is 56.1 Å². The van der Waals surface area contributed by atoms with Gasteiger partial charge in [-0.25, -0.2) is 0 Å². The fraction of sp³-hybridized carbons (Fsp3) is 0.491. The summed E-state index contributed by atoms with van der Waals surface area (Å²) in [7, 11) is 0. The van der Waals surface area contributed by atoms with Gasteiger partial charge in [0.2, 0.25) is 11.8 Å². The molecule has 4 aromatic rings. The van der Waals surface area contributed by atoms with Crippen LogP contribution in [0.25, 0.3) is 0 Å². The number of unbranched alkanes of at least 4 members (excludes halogenated alkanes) is 4. The van der Waals surface area contributed by atoms with E-state index in [1.54, 1.807) is 0 Å². The van der Waals surface area contributed by atoms with Crippen LogP contribution in [0.5, 0.6) is 11.5 Å². The lowest BCUT2D eigenvalue weighted by Crippen LogP contribution is -2.46. The van der Waals surface area contributed by atoms with E-state index in [-0.39, 0.29) is 38.1 Å². The van der Waals surface area contributed by atoms with Crippen LogP contribution >= 0.6 is 46.4 Å². The predicted octanol–water partition coefficient (Wildman–Crippen LogP) is 10.5. The van der Waals surface area contributed by atoms with Crippen molar-refractivity contribution in [2.45, 2.75) is 83.5 Å². The van der Waals surface area contributed by atoms with Crippen LogP contribution in [0.3, 0.4) is 0 Å². The van der Waals surface area contributed by atoms with Crippen molar-refractivity contribution in [3.63, 3.8) is 0 Å². The summed E-state index contributed by atoms with van der Waals surface area (Å²) in [6.45, 7) is 10.1. The molecule has 0 unspecified atom stereocenters. The number of nitrogens with zero attached hydrogens (tertiary/aromatic N) is 6. The van der Waals surface area contributed by atoms with Crippen LogP contribution in [0.15, 0.2) is 72.8 Å². The molecule has 0 aromatic heterocycles. The largest absolute Gasteiger partial charge is 0.494 e. The summed E-state index contributed by atoms with van der Waals surface area (Å²) < 4.78 is 23.4. The van der Waals surface area contributed by atoms with Crippen LogP contribution in [-0.2, 0) is 41.5 Å². The highest BCUT2D eigenvalue weighted by atomic mass is 35.5. The second-order valence-corrected chi connectivity index (χ2v) is 20.6. The van der Waals surface area contributed by atoms with E-state index in [1.165, 1.54) is 9.80 Å². The minimum absolute atomic E-state index is 0.108. The maximum absolute atomic E-state index is 13.0. The number of fused-ring (bicyclic) bond motifs is 2. The molecule has 14 nitrogen and oxygen atoms in total. The Hall–Kier alpha value is -4.96. The molecule has 8 rings (SSSR count). The number of anilines is 4. The minimum atomic E-state index is -0.415. The number of halogens is 4. The molecule has 4 aliphatic rings. The lowest BCUT2D eigenvalue weighted by atomic mass is 10.0. The van der Waals surface area contributed by atoms with Crippen molar-refractivity contribution in [3.8, 4) is 11.5 Å². The van der Waals surface area contributed by atoms with Gasteiger partial charge in [-0.1, -0.05) is 77.1 Å². The Bertz CT molecular complexity index is 2370. The topological polar surface area (TPSA) is 125 Å². The van der Waals surface area contributed by atoms with Gasteiger partial charge in [0.25, 0.3) is 0 Å². The number of carbonyl (C=O) groups excluding carboxylic acids is 4. The summed E-state index contributed by atoms with van der Waals surface area (Å²) >= 11 is 25.4. The van der Waals surface area contributed by atoms with Crippen LogP contribution in [0.4, 0.5) is 22.7 Å². The second-order valence-electron chi connectivity index (χ2n) is 19.0. The maximum atomic E-state index is 13.0. The Balaban J connectivity index is 0.678. The van der Waals surface area contributed by atoms with Crippen molar-refractivity contribution in [2.75, 3.05) is 112 Å². The number of amides is 2. The van der Waals surface area contributed by atoms with Crippen molar-refractivity contribution >= 4 is 92.9 Å². The molecule has 2 amide bonds. The van der Waals surface area contributed by atoms with Crippen LogP contribution in [-0.4, -0.2) is 126 Å². The highest BCUT2D eigenvalue weighted by Gasteiger charge is 2.28. The molecule has 0 radical (unpaired) electrons. The summed E-state index contributed by atoms with van der Waals surface area (Å²) in [5.74, 6) is 0.293. The van der Waals surface area contributed by atoms with Gasteiger partial charge in [0.1, 0.15) is 11.5 Å². The van der Waals surface area contributed by atoms with Crippen molar-refractivity contribution in [3.05, 3.63) is 104 Å². The number of ether oxygens (including phenoxy) is 4. The first-order valence-electron chi connectivity index (χ1n) is 25.8. The molecule has 4 heterocycles. The van der Waals surface area contributed by atoms with E-state index in [0.29, 0.717) is 101 Å². The van der Waals surface area contributed by atoms with Crippen LogP contribution in [0.1, 0.15) is 81.8 Å². The van der Waals surface area contributed by atoms with E-state index < -0.39 is 11.9 Å². The summed E-state index contributed by atoms with van der Waals surface area (Å²) in [5, 5.41) is 2.36. The average Bonchev–Trinajstić information content (AvgIpc) is 3.39. The number of rotatable bonds is 24. The normalized spacial score (nSPS) is 16.3. The molecule has 4 aromatic carbocycles. The first-order valence-corrected chi connectivity index (χ1v) is 27.3. The van der Waals surface area contributed by atoms with Gasteiger partial charge >= 0.3 is 11.9 Å². The Kier molecular flexibility index (Phi) is 20.1. The molecule has 2 fully saturated rings. The summed E-state index contributed by atoms with van der Waals surface area (Å²) in [6.07, 6.45) is 7.59. The molecule has 392 valence electrons. The average molecular weight is 1080 g/mol. The molecule has 0 saturated carbocycles. The van der Waals surface area contributed by atoms with Crippen molar-refractivity contribution in [1.29, 1.82) is 0 Å². The molecule has 0 spiro atoms. The Labute approximate surface area is 449 Å². The first kappa shape index (κ1) is 54.3. The number of hydrogen-bond acceptors (Lipinski definition) is 12. The fourth-order valence-corrected chi connectivity index (χ4v) is 10.6. The SMILES string of the molecule is O=C(CCCCCC(=O)OCN1C(=O)CCc2ccc(OCCCCN3CCN(c4cccc(Cl)c4Cl)CC3)cc21)OCN1C(=O)CCc2ccc(OCCCCN3CCN(c4cccc(Cl)c4Cl)CC3)cc21. The summed E-state index contributed by atoms with van der Waals surface area (Å²) in [5.41, 5.74) is 5.37. The number of hydrogen-bond donors (Lipinski definition) is 0. The van der Waals surface area contributed by atoms with Crippen molar-refractivity contribution < 1.29 is 38.1 Å². The highest BCUT2D eigenvalue weighted by Crippen LogP contribution is 2.36. The molecule has 0 bridgehead atoms. The maximum Gasteiger partial charge on any atom is 0.307 e. The first-order chi connectivity index (χ1) is 35.5. The van der Waals surface area contributed by atoms with E-state index >= 15 is 0 Å². The lowest BCUT2D eigenvalue weighted by Gasteiger charge is -2.36. The molecule has 0 aliphatic carbocycles. The quantitative estimate of drug-likeness (QED) is 0.0490. The van der Waals surface area contributed by atoms with E-state index in [2.05, 4.69) is 19.6 Å². The summed E-state index contributed by atoms with van der Waals surface area (Å²) in [6, 6.07) is 23.1. The van der Waals surface area contributed by atoms with Crippen molar-refractivity contribution in [1.82, 2.24) is 9.80 Å². The second kappa shape index (κ2) is 27.0. The number of benzene rings is 4. The Morgan fingerprint density at radius 2 is 0.890 bits per heavy atom. The third kappa shape index (κ3) is 15.1. The highest BCUT2D eigenvalue weighted by molar-refractivity contribution is 6.44. The molecular formula is C55H66Cl4N6O8. The predicted molar refractivity (Wildman–Crippen MR) is 289 cm³/mol. The third-order valence-corrected chi connectivity index (χ3v) is 15.7. The Morgan fingerprint density at radius 1 is 0.466 bits per heavy atom. The van der Waals surface area contributed by atoms with Gasteiger partial charge in [-0.3, -0.25) is 38.8 Å². The number of esters is 2. The molecule has 4 aliphatic heterocycles. The van der Waals surface area contributed by atoms with E-state index in [1.807, 2.05) is 72.8 Å². The van der Waals surface area contributed by atoms with E-state index in [9.17, 15) is 19.2 Å². The molecule has 0 N–H and O–H groups in total. The third-order valence-electron chi connectivity index (χ3n) is 14.0. The van der Waals surface area contributed by atoms with Gasteiger partial charge in [0, 0.05) is 90.2 Å². The van der Waals surface area contributed by atoms with Gasteiger partial charge in [-0.2, -0.15) is 0 Å². The van der Waals surface area contributed by atoms with Gasteiger partial charge in [-0.15, -0.1) is 0 Å². The zero-order chi connectivity index (χ0) is 51.1. The van der Waals surface area contributed by atoms with Crippen LogP contribution in [0.2, 0.25) is 20.1 Å². The molecular weight excluding hydrogens is 1010 g/mol. The van der Waals surface area contributed by atoms with Gasteiger partial charge < -0.3 is 28.7 Å². The van der Waals surface area contributed by atoms with Crippen LogP contribution in [0, 0.1) is 0 Å². The zero-order valence-electron chi connectivity index (χ0n) is 41.5. The minimum Gasteiger partial charge on any atom is -0.494 e. The molecule has 2 saturated heterocycles. The molecule has 73 heavy (non-hydrogen) atoms. The number of piperazine rings is 2. The summed E-state index contributed by atoms with van der Waals surface area (Å²) in [4.78, 5) is 64.1. The van der Waals surface area contributed by atoms with Crippen molar-refractivity contribution in [2.24, 2.45) is 0 Å². The Morgan fingerprint density at radius 3 is 1.32 bits per heavy atom. The van der Waals surface area contributed by atoms with E-state index in [0.717, 1.165) is 114 Å². The lowest BCUT2D eigenvalue weighted by molar-refractivity contribution is -0.145. The smallest absolute Gasteiger partial charge is 0.307 e.